The Labute approximate surface area is 125 Å². The molecule has 0 bridgehead atoms. The third-order valence-corrected chi connectivity index (χ3v) is 3.77. The van der Waals surface area contributed by atoms with Crippen LogP contribution in [-0.4, -0.2) is 56.7 Å². The average Bonchev–Trinajstić information content (AvgIpc) is 2.72. The van der Waals surface area contributed by atoms with Gasteiger partial charge in [0.1, 0.15) is 6.61 Å². The standard InChI is InChI=1S/C12H20N2O4S2/c1-3-7-18-12(15)14-9-11(19)8-10(14)5-4-6-13-20(2,16)17/h3-5,10-11,13,19H,1,6-9H2,2H3/t10-,11+/m1/s1. The minimum atomic E-state index is -3.21. The van der Waals surface area contributed by atoms with Gasteiger partial charge in [-0.25, -0.2) is 17.9 Å². The van der Waals surface area contributed by atoms with Gasteiger partial charge in [-0.1, -0.05) is 24.8 Å². The number of carbonyl (C=O) groups is 1. The third-order valence-electron chi connectivity index (χ3n) is 2.70. The molecule has 1 rings (SSSR count). The Morgan fingerprint density at radius 1 is 1.60 bits per heavy atom. The van der Waals surface area contributed by atoms with Gasteiger partial charge in [-0.15, -0.1) is 0 Å². The predicted molar refractivity (Wildman–Crippen MR) is 81.4 cm³/mol. The molecule has 0 aromatic heterocycles. The fraction of sp³-hybridized carbons (Fsp3) is 0.583. The molecule has 1 N–H and O–H groups in total. The molecule has 0 saturated carbocycles. The van der Waals surface area contributed by atoms with Gasteiger partial charge in [0.25, 0.3) is 0 Å². The van der Waals surface area contributed by atoms with Crippen LogP contribution in [0.25, 0.3) is 0 Å². The quantitative estimate of drug-likeness (QED) is 0.560. The largest absolute Gasteiger partial charge is 0.445 e. The average molecular weight is 320 g/mol. The first-order chi connectivity index (χ1) is 9.33. The van der Waals surface area contributed by atoms with E-state index in [0.717, 1.165) is 6.26 Å². The van der Waals surface area contributed by atoms with Gasteiger partial charge < -0.3 is 9.64 Å². The first-order valence-electron chi connectivity index (χ1n) is 6.17. The van der Waals surface area contributed by atoms with Gasteiger partial charge >= 0.3 is 6.09 Å². The number of rotatable bonds is 6. The highest BCUT2D eigenvalue weighted by Gasteiger charge is 2.32. The molecule has 1 aliphatic heterocycles. The SMILES string of the molecule is C=CCOC(=O)N1C[C@@H](S)C[C@H]1C=CCNS(C)(=O)=O. The molecule has 0 unspecified atom stereocenters. The summed E-state index contributed by atoms with van der Waals surface area (Å²) in [6, 6.07) is -0.129. The number of thiol groups is 1. The zero-order chi connectivity index (χ0) is 15.2. The van der Waals surface area contributed by atoms with Crippen LogP contribution in [0.2, 0.25) is 0 Å². The van der Waals surface area contributed by atoms with Gasteiger partial charge in [-0.2, -0.15) is 12.6 Å². The van der Waals surface area contributed by atoms with Crippen LogP contribution in [0.4, 0.5) is 4.79 Å². The van der Waals surface area contributed by atoms with Crippen LogP contribution in [0.1, 0.15) is 6.42 Å². The number of nitrogens with one attached hydrogen (secondary N) is 1. The topological polar surface area (TPSA) is 75.7 Å². The number of carbonyl (C=O) groups excluding carboxylic acids is 1. The van der Waals surface area contributed by atoms with E-state index in [2.05, 4.69) is 23.9 Å². The highest BCUT2D eigenvalue weighted by atomic mass is 32.2. The molecular formula is C12H20N2O4S2. The second-order valence-electron chi connectivity index (χ2n) is 4.52. The number of likely N-dealkylation sites (tertiary alicyclic amines) is 1. The minimum absolute atomic E-state index is 0.0869. The molecule has 114 valence electrons. The zero-order valence-electron chi connectivity index (χ0n) is 11.4. The van der Waals surface area contributed by atoms with Gasteiger partial charge in [0, 0.05) is 18.3 Å². The normalized spacial score (nSPS) is 23.2. The second-order valence-corrected chi connectivity index (χ2v) is 7.09. The molecule has 1 heterocycles. The van der Waals surface area contributed by atoms with Crippen molar-refractivity contribution in [1.29, 1.82) is 0 Å². The molecule has 1 amide bonds. The van der Waals surface area contributed by atoms with E-state index in [0.29, 0.717) is 13.0 Å². The molecule has 0 aliphatic carbocycles. The van der Waals surface area contributed by atoms with E-state index in [-0.39, 0.29) is 24.4 Å². The van der Waals surface area contributed by atoms with Crippen molar-refractivity contribution in [3.8, 4) is 0 Å². The number of hydrogen-bond donors (Lipinski definition) is 2. The number of ether oxygens (including phenoxy) is 1. The van der Waals surface area contributed by atoms with E-state index in [1.807, 2.05) is 0 Å². The monoisotopic (exact) mass is 320 g/mol. The molecule has 0 spiro atoms. The van der Waals surface area contributed by atoms with E-state index in [1.165, 1.54) is 6.08 Å². The first-order valence-corrected chi connectivity index (χ1v) is 8.58. The van der Waals surface area contributed by atoms with Crippen LogP contribution in [0.15, 0.2) is 24.8 Å². The summed E-state index contributed by atoms with van der Waals surface area (Å²) in [5, 5.41) is 0.0869. The van der Waals surface area contributed by atoms with E-state index >= 15 is 0 Å². The molecule has 1 aliphatic rings. The zero-order valence-corrected chi connectivity index (χ0v) is 13.1. The number of nitrogens with zero attached hydrogens (tertiary/aromatic N) is 1. The Hall–Kier alpha value is -0.990. The van der Waals surface area contributed by atoms with E-state index in [4.69, 9.17) is 4.74 Å². The van der Waals surface area contributed by atoms with E-state index in [9.17, 15) is 13.2 Å². The summed E-state index contributed by atoms with van der Waals surface area (Å²) >= 11 is 4.37. The molecule has 0 aromatic carbocycles. The van der Waals surface area contributed by atoms with Crippen molar-refractivity contribution in [3.63, 3.8) is 0 Å². The van der Waals surface area contributed by atoms with Crippen LogP contribution < -0.4 is 4.72 Å². The Morgan fingerprint density at radius 3 is 2.90 bits per heavy atom. The van der Waals surface area contributed by atoms with Crippen molar-refractivity contribution in [2.24, 2.45) is 0 Å². The second kappa shape index (κ2) is 7.70. The van der Waals surface area contributed by atoms with Gasteiger partial charge in [-0.05, 0) is 6.42 Å². The molecule has 0 aromatic rings. The predicted octanol–water partition coefficient (Wildman–Crippen LogP) is 0.787. The van der Waals surface area contributed by atoms with Gasteiger partial charge in [0.15, 0.2) is 0 Å². The van der Waals surface area contributed by atoms with Crippen molar-refractivity contribution in [2.75, 3.05) is 26.0 Å². The fourth-order valence-electron chi connectivity index (χ4n) is 1.87. The van der Waals surface area contributed by atoms with E-state index in [1.54, 1.807) is 17.1 Å². The molecule has 1 fully saturated rings. The molecule has 20 heavy (non-hydrogen) atoms. The third kappa shape index (κ3) is 5.98. The summed E-state index contributed by atoms with van der Waals surface area (Å²) in [4.78, 5) is 13.4. The number of hydrogen-bond acceptors (Lipinski definition) is 5. The Morgan fingerprint density at radius 2 is 2.30 bits per heavy atom. The maximum absolute atomic E-state index is 11.8. The van der Waals surface area contributed by atoms with Crippen molar-refractivity contribution in [2.45, 2.75) is 17.7 Å². The molecule has 6 nitrogen and oxygen atoms in total. The minimum Gasteiger partial charge on any atom is -0.445 e. The molecule has 0 radical (unpaired) electrons. The lowest BCUT2D eigenvalue weighted by Gasteiger charge is -2.21. The Kier molecular flexibility index (Phi) is 6.57. The highest BCUT2D eigenvalue weighted by Crippen LogP contribution is 2.23. The highest BCUT2D eigenvalue weighted by molar-refractivity contribution is 7.88. The lowest BCUT2D eigenvalue weighted by molar-refractivity contribution is 0.114. The van der Waals surface area contributed by atoms with Crippen LogP contribution in [0.5, 0.6) is 0 Å². The molecule has 1 saturated heterocycles. The van der Waals surface area contributed by atoms with Crippen LogP contribution in [0.3, 0.4) is 0 Å². The van der Waals surface area contributed by atoms with Gasteiger partial charge in [-0.3, -0.25) is 0 Å². The molecule has 2 atom stereocenters. The molecular weight excluding hydrogens is 300 g/mol. The van der Waals surface area contributed by atoms with Gasteiger partial charge in [0.2, 0.25) is 10.0 Å². The fourth-order valence-corrected chi connectivity index (χ4v) is 2.66. The number of sulfonamides is 1. The van der Waals surface area contributed by atoms with Crippen LogP contribution in [-0.2, 0) is 14.8 Å². The van der Waals surface area contributed by atoms with Crippen molar-refractivity contribution >= 4 is 28.7 Å². The summed E-state index contributed by atoms with van der Waals surface area (Å²) in [6.07, 6.45) is 6.38. The lowest BCUT2D eigenvalue weighted by Crippen LogP contribution is -2.35. The summed E-state index contributed by atoms with van der Waals surface area (Å²) in [7, 11) is -3.21. The van der Waals surface area contributed by atoms with Crippen molar-refractivity contribution in [1.82, 2.24) is 9.62 Å². The summed E-state index contributed by atoms with van der Waals surface area (Å²) in [6.45, 7) is 4.36. The summed E-state index contributed by atoms with van der Waals surface area (Å²) < 4.78 is 29.2. The smallest absolute Gasteiger partial charge is 0.410 e. The Bertz CT molecular complexity index is 476. The summed E-state index contributed by atoms with van der Waals surface area (Å²) in [5.74, 6) is 0. The van der Waals surface area contributed by atoms with Crippen molar-refractivity contribution in [3.05, 3.63) is 24.8 Å². The molecule has 8 heteroatoms. The maximum Gasteiger partial charge on any atom is 0.410 e. The van der Waals surface area contributed by atoms with Crippen molar-refractivity contribution < 1.29 is 17.9 Å². The van der Waals surface area contributed by atoms with Crippen LogP contribution in [0, 0.1) is 0 Å². The van der Waals surface area contributed by atoms with E-state index < -0.39 is 16.1 Å². The summed E-state index contributed by atoms with van der Waals surface area (Å²) in [5.41, 5.74) is 0. The Balaban J connectivity index is 2.55. The first kappa shape index (κ1) is 17.1. The maximum atomic E-state index is 11.8. The lowest BCUT2D eigenvalue weighted by atomic mass is 10.2. The number of amides is 1. The van der Waals surface area contributed by atoms with Crippen LogP contribution >= 0.6 is 12.6 Å². The van der Waals surface area contributed by atoms with Gasteiger partial charge in [0.05, 0.1) is 12.3 Å².